The Hall–Kier alpha value is -1.55. The van der Waals surface area contributed by atoms with Gasteiger partial charge in [-0.25, -0.2) is 0 Å². The third kappa shape index (κ3) is 2.33. The molecule has 0 spiro atoms. The van der Waals surface area contributed by atoms with Crippen molar-refractivity contribution in [3.8, 4) is 5.75 Å². The monoisotopic (exact) mass is 222 g/mol. The molecule has 1 unspecified atom stereocenters. The molecule has 0 aliphatic carbocycles. The molecule has 0 saturated heterocycles. The summed E-state index contributed by atoms with van der Waals surface area (Å²) in [6, 6.07) is 7.50. The van der Waals surface area contributed by atoms with Crippen LogP contribution in [0.4, 0.5) is 0 Å². The Morgan fingerprint density at radius 2 is 2.19 bits per heavy atom. The smallest absolute Gasteiger partial charge is 0.303 e. The van der Waals surface area contributed by atoms with Crippen molar-refractivity contribution in [2.45, 2.75) is 31.5 Å². The third-order valence-corrected chi connectivity index (χ3v) is 2.79. The van der Waals surface area contributed by atoms with Crippen LogP contribution in [0.2, 0.25) is 0 Å². The average Bonchev–Trinajstić information content (AvgIpc) is 2.26. The number of hydrogen-bond donors (Lipinski definition) is 2. The Balaban J connectivity index is 2.08. The van der Waals surface area contributed by atoms with Gasteiger partial charge < -0.3 is 14.9 Å². The number of rotatable bonds is 3. The van der Waals surface area contributed by atoms with E-state index in [1.54, 1.807) is 6.07 Å². The van der Waals surface area contributed by atoms with Gasteiger partial charge in [0.1, 0.15) is 5.75 Å². The SMILES string of the molecule is O=C(O)CCC1(O)CCc2ccccc2O1. The van der Waals surface area contributed by atoms with Crippen molar-refractivity contribution >= 4 is 5.97 Å². The van der Waals surface area contributed by atoms with Crippen molar-refractivity contribution in [2.75, 3.05) is 0 Å². The lowest BCUT2D eigenvalue weighted by molar-refractivity contribution is -0.163. The van der Waals surface area contributed by atoms with E-state index in [1.807, 2.05) is 18.2 Å². The predicted molar refractivity (Wildman–Crippen MR) is 57.2 cm³/mol. The molecule has 0 fully saturated rings. The minimum Gasteiger partial charge on any atom is -0.481 e. The first-order valence-electron chi connectivity index (χ1n) is 5.30. The normalized spacial score (nSPS) is 23.3. The Morgan fingerprint density at radius 3 is 2.94 bits per heavy atom. The van der Waals surface area contributed by atoms with E-state index >= 15 is 0 Å². The van der Waals surface area contributed by atoms with Crippen LogP contribution in [-0.2, 0) is 11.2 Å². The lowest BCUT2D eigenvalue weighted by Crippen LogP contribution is -2.39. The quantitative estimate of drug-likeness (QED) is 0.814. The minimum absolute atomic E-state index is 0.0847. The molecular weight excluding hydrogens is 208 g/mol. The van der Waals surface area contributed by atoms with E-state index in [0.29, 0.717) is 18.6 Å². The summed E-state index contributed by atoms with van der Waals surface area (Å²) in [5.41, 5.74) is 1.06. The van der Waals surface area contributed by atoms with Crippen molar-refractivity contribution in [1.82, 2.24) is 0 Å². The second kappa shape index (κ2) is 4.14. The van der Waals surface area contributed by atoms with Crippen LogP contribution in [0.1, 0.15) is 24.8 Å². The number of fused-ring (bicyclic) bond motifs is 1. The molecule has 1 atom stereocenters. The summed E-state index contributed by atoms with van der Waals surface area (Å²) in [5, 5.41) is 18.7. The molecular formula is C12H14O4. The predicted octanol–water partition coefficient (Wildman–Crippen LogP) is 1.56. The van der Waals surface area contributed by atoms with E-state index in [0.717, 1.165) is 5.56 Å². The highest BCUT2D eigenvalue weighted by atomic mass is 16.6. The van der Waals surface area contributed by atoms with Crippen LogP contribution in [0.3, 0.4) is 0 Å². The lowest BCUT2D eigenvalue weighted by Gasteiger charge is -2.33. The summed E-state index contributed by atoms with van der Waals surface area (Å²) in [7, 11) is 0. The highest BCUT2D eigenvalue weighted by Crippen LogP contribution is 2.33. The molecule has 0 bridgehead atoms. The first kappa shape index (κ1) is 11.0. The summed E-state index contributed by atoms with van der Waals surface area (Å²) in [6.07, 6.45) is 1.19. The summed E-state index contributed by atoms with van der Waals surface area (Å²) >= 11 is 0. The maximum Gasteiger partial charge on any atom is 0.303 e. The Labute approximate surface area is 93.5 Å². The molecule has 16 heavy (non-hydrogen) atoms. The van der Waals surface area contributed by atoms with Gasteiger partial charge in [0, 0.05) is 12.8 Å². The van der Waals surface area contributed by atoms with Crippen molar-refractivity contribution in [1.29, 1.82) is 0 Å². The number of carbonyl (C=O) groups is 1. The second-order valence-electron chi connectivity index (χ2n) is 4.05. The maximum absolute atomic E-state index is 10.5. The lowest BCUT2D eigenvalue weighted by atomic mass is 9.96. The van der Waals surface area contributed by atoms with Crippen LogP contribution in [0.5, 0.6) is 5.75 Å². The highest BCUT2D eigenvalue weighted by molar-refractivity contribution is 5.66. The zero-order valence-corrected chi connectivity index (χ0v) is 8.85. The number of para-hydroxylation sites is 1. The highest BCUT2D eigenvalue weighted by Gasteiger charge is 2.33. The first-order chi connectivity index (χ1) is 7.59. The summed E-state index contributed by atoms with van der Waals surface area (Å²) in [6.45, 7) is 0. The molecule has 1 aromatic rings. The Bertz CT molecular complexity index is 402. The number of aliphatic carboxylic acids is 1. The molecule has 4 heteroatoms. The van der Waals surface area contributed by atoms with Crippen LogP contribution in [0, 0.1) is 0 Å². The molecule has 1 aromatic carbocycles. The van der Waals surface area contributed by atoms with Crippen LogP contribution < -0.4 is 4.74 Å². The molecule has 1 aliphatic rings. The molecule has 0 saturated carbocycles. The molecule has 2 N–H and O–H groups in total. The minimum atomic E-state index is -1.33. The fraction of sp³-hybridized carbons (Fsp3) is 0.417. The van der Waals surface area contributed by atoms with Gasteiger partial charge in [0.25, 0.3) is 0 Å². The number of benzene rings is 1. The van der Waals surface area contributed by atoms with Gasteiger partial charge in [0.15, 0.2) is 0 Å². The van der Waals surface area contributed by atoms with E-state index in [2.05, 4.69) is 0 Å². The molecule has 1 aliphatic heterocycles. The first-order valence-corrected chi connectivity index (χ1v) is 5.30. The average molecular weight is 222 g/mol. The van der Waals surface area contributed by atoms with Crippen molar-refractivity contribution < 1.29 is 19.7 Å². The molecule has 86 valence electrons. The fourth-order valence-electron chi connectivity index (χ4n) is 1.87. The number of aryl methyl sites for hydroxylation is 1. The summed E-state index contributed by atoms with van der Waals surface area (Å²) < 4.78 is 5.46. The molecule has 0 aromatic heterocycles. The topological polar surface area (TPSA) is 66.8 Å². The molecule has 0 radical (unpaired) electrons. The van der Waals surface area contributed by atoms with Crippen LogP contribution in [0.25, 0.3) is 0 Å². The van der Waals surface area contributed by atoms with Crippen LogP contribution >= 0.6 is 0 Å². The number of ether oxygens (including phenoxy) is 1. The van der Waals surface area contributed by atoms with Gasteiger partial charge >= 0.3 is 5.97 Å². The largest absolute Gasteiger partial charge is 0.481 e. The maximum atomic E-state index is 10.5. The standard InChI is InChI=1S/C12H14O4/c13-11(14)6-8-12(15)7-5-9-3-1-2-4-10(9)16-12/h1-4,15H,5-8H2,(H,13,14). The molecule has 1 heterocycles. The molecule has 2 rings (SSSR count). The number of hydrogen-bond acceptors (Lipinski definition) is 3. The van der Waals surface area contributed by atoms with E-state index in [1.165, 1.54) is 0 Å². The van der Waals surface area contributed by atoms with Crippen molar-refractivity contribution in [2.24, 2.45) is 0 Å². The van der Waals surface area contributed by atoms with Crippen LogP contribution in [0.15, 0.2) is 24.3 Å². The zero-order chi connectivity index (χ0) is 11.6. The van der Waals surface area contributed by atoms with Gasteiger partial charge in [-0.05, 0) is 18.1 Å². The van der Waals surface area contributed by atoms with Crippen molar-refractivity contribution in [3.05, 3.63) is 29.8 Å². The van der Waals surface area contributed by atoms with E-state index in [9.17, 15) is 9.90 Å². The molecule has 0 amide bonds. The Kier molecular flexibility index (Phi) is 2.83. The number of carboxylic acid groups (broad SMARTS) is 1. The third-order valence-electron chi connectivity index (χ3n) is 2.79. The zero-order valence-electron chi connectivity index (χ0n) is 8.85. The molecule has 4 nitrogen and oxygen atoms in total. The van der Waals surface area contributed by atoms with Gasteiger partial charge in [0.2, 0.25) is 5.79 Å². The van der Waals surface area contributed by atoms with Gasteiger partial charge in [-0.3, -0.25) is 4.79 Å². The fourth-order valence-corrected chi connectivity index (χ4v) is 1.87. The van der Waals surface area contributed by atoms with E-state index < -0.39 is 11.8 Å². The van der Waals surface area contributed by atoms with E-state index in [4.69, 9.17) is 9.84 Å². The van der Waals surface area contributed by atoms with Gasteiger partial charge in [-0.1, -0.05) is 18.2 Å². The van der Waals surface area contributed by atoms with Gasteiger partial charge in [-0.2, -0.15) is 0 Å². The Morgan fingerprint density at radius 1 is 1.44 bits per heavy atom. The summed E-state index contributed by atoms with van der Waals surface area (Å²) in [5.74, 6) is -1.59. The number of aliphatic hydroxyl groups is 1. The second-order valence-corrected chi connectivity index (χ2v) is 4.05. The van der Waals surface area contributed by atoms with Gasteiger partial charge in [0.05, 0.1) is 6.42 Å². The van der Waals surface area contributed by atoms with Crippen molar-refractivity contribution in [3.63, 3.8) is 0 Å². The number of carboxylic acids is 1. The van der Waals surface area contributed by atoms with E-state index in [-0.39, 0.29) is 12.8 Å². The van der Waals surface area contributed by atoms with Gasteiger partial charge in [-0.15, -0.1) is 0 Å². The van der Waals surface area contributed by atoms with Crippen LogP contribution in [-0.4, -0.2) is 22.0 Å². The summed E-state index contributed by atoms with van der Waals surface area (Å²) in [4.78, 5) is 10.5.